The topological polar surface area (TPSA) is 113 Å². The predicted molar refractivity (Wildman–Crippen MR) is 84.3 cm³/mol. The maximum absolute atomic E-state index is 12.2. The number of H-pyrrole nitrogens is 1. The van der Waals surface area contributed by atoms with Crippen LogP contribution in [-0.2, 0) is 14.8 Å². The molecule has 0 bridgehead atoms. The lowest BCUT2D eigenvalue weighted by Crippen LogP contribution is -2.66. The lowest BCUT2D eigenvalue weighted by Gasteiger charge is -2.51. The molecule has 1 aliphatic carbocycles. The molecule has 1 fully saturated rings. The molecule has 1 saturated carbocycles. The van der Waals surface area contributed by atoms with E-state index in [1.165, 1.54) is 12.4 Å². The SMILES string of the molecule is CC(C)(C)OC(=O)NC1CC(NS(=O)(=O)c2cn[nH]c2)C1(C)C. The fraction of sp³-hybridized carbons (Fsp3) is 0.714. The summed E-state index contributed by atoms with van der Waals surface area (Å²) in [7, 11) is -3.62. The van der Waals surface area contributed by atoms with Gasteiger partial charge in [-0.3, -0.25) is 5.10 Å². The van der Waals surface area contributed by atoms with Crippen LogP contribution in [0.1, 0.15) is 41.0 Å². The van der Waals surface area contributed by atoms with Gasteiger partial charge in [-0.2, -0.15) is 5.10 Å². The van der Waals surface area contributed by atoms with Gasteiger partial charge in [-0.05, 0) is 27.2 Å². The first-order valence-corrected chi connectivity index (χ1v) is 8.91. The van der Waals surface area contributed by atoms with E-state index in [4.69, 9.17) is 4.74 Å². The van der Waals surface area contributed by atoms with Crippen LogP contribution in [0.5, 0.6) is 0 Å². The normalized spacial score (nSPS) is 23.9. The van der Waals surface area contributed by atoms with E-state index in [1.807, 2.05) is 13.8 Å². The zero-order valence-electron chi connectivity index (χ0n) is 14.0. The van der Waals surface area contributed by atoms with E-state index in [1.54, 1.807) is 20.8 Å². The quantitative estimate of drug-likeness (QED) is 0.764. The Hall–Kier alpha value is -1.61. The van der Waals surface area contributed by atoms with E-state index in [2.05, 4.69) is 20.2 Å². The number of carbonyl (C=O) groups excluding carboxylic acids is 1. The van der Waals surface area contributed by atoms with Gasteiger partial charge in [-0.15, -0.1) is 0 Å². The molecule has 0 aromatic carbocycles. The highest BCUT2D eigenvalue weighted by atomic mass is 32.2. The van der Waals surface area contributed by atoms with Crippen LogP contribution in [0.2, 0.25) is 0 Å². The van der Waals surface area contributed by atoms with E-state index >= 15 is 0 Å². The number of alkyl carbamates (subject to hydrolysis) is 1. The molecule has 3 N–H and O–H groups in total. The highest BCUT2D eigenvalue weighted by Crippen LogP contribution is 2.41. The predicted octanol–water partition coefficient (Wildman–Crippen LogP) is 1.38. The van der Waals surface area contributed by atoms with Crippen molar-refractivity contribution in [3.05, 3.63) is 12.4 Å². The standard InChI is InChI=1S/C14H24N4O4S/c1-13(2,3)22-12(19)17-10-6-11(14(10,4)5)18-23(20,21)9-7-15-16-8-9/h7-8,10-11,18H,6H2,1-5H3,(H,15,16)(H,17,19). The van der Waals surface area contributed by atoms with Crippen LogP contribution in [0.4, 0.5) is 4.79 Å². The third-order valence-electron chi connectivity index (χ3n) is 4.04. The molecular weight excluding hydrogens is 320 g/mol. The van der Waals surface area contributed by atoms with Crippen LogP contribution in [0.3, 0.4) is 0 Å². The molecule has 0 radical (unpaired) electrons. The number of nitrogens with zero attached hydrogens (tertiary/aromatic N) is 1. The molecule has 0 saturated heterocycles. The average Bonchev–Trinajstić information content (AvgIpc) is 2.89. The first-order chi connectivity index (χ1) is 10.4. The van der Waals surface area contributed by atoms with Crippen LogP contribution in [0.25, 0.3) is 0 Å². The van der Waals surface area contributed by atoms with E-state index in [-0.39, 0.29) is 17.0 Å². The Morgan fingerprint density at radius 1 is 1.39 bits per heavy atom. The van der Waals surface area contributed by atoms with Crippen LogP contribution in [-0.4, -0.2) is 42.4 Å². The van der Waals surface area contributed by atoms with Crippen molar-refractivity contribution in [1.82, 2.24) is 20.2 Å². The van der Waals surface area contributed by atoms with Crippen LogP contribution < -0.4 is 10.0 Å². The molecule has 9 heteroatoms. The minimum absolute atomic E-state index is 0.0943. The number of hydrogen-bond acceptors (Lipinski definition) is 5. The number of aromatic nitrogens is 2. The summed E-state index contributed by atoms with van der Waals surface area (Å²) in [6.07, 6.45) is 2.59. The molecule has 1 aromatic heterocycles. The second kappa shape index (κ2) is 5.79. The summed E-state index contributed by atoms with van der Waals surface area (Å²) in [5.41, 5.74) is -0.992. The highest BCUT2D eigenvalue weighted by molar-refractivity contribution is 7.89. The zero-order valence-corrected chi connectivity index (χ0v) is 14.8. The number of sulfonamides is 1. The second-order valence-electron chi connectivity index (χ2n) is 7.36. The number of amides is 1. The average molecular weight is 344 g/mol. The lowest BCUT2D eigenvalue weighted by molar-refractivity contribution is 0.0223. The summed E-state index contributed by atoms with van der Waals surface area (Å²) in [6, 6.07) is -0.434. The van der Waals surface area contributed by atoms with Gasteiger partial charge in [-0.25, -0.2) is 17.9 Å². The van der Waals surface area contributed by atoms with Crippen molar-refractivity contribution >= 4 is 16.1 Å². The molecule has 8 nitrogen and oxygen atoms in total. The number of rotatable bonds is 4. The summed E-state index contributed by atoms with van der Waals surface area (Å²) in [5, 5.41) is 8.93. The molecule has 2 atom stereocenters. The van der Waals surface area contributed by atoms with Crippen molar-refractivity contribution < 1.29 is 17.9 Å². The third-order valence-corrected chi connectivity index (χ3v) is 5.48. The first-order valence-electron chi connectivity index (χ1n) is 7.42. The molecule has 1 aromatic rings. The minimum Gasteiger partial charge on any atom is -0.444 e. The van der Waals surface area contributed by atoms with Crippen molar-refractivity contribution in [1.29, 1.82) is 0 Å². The van der Waals surface area contributed by atoms with Gasteiger partial charge in [-0.1, -0.05) is 13.8 Å². The maximum atomic E-state index is 12.2. The van der Waals surface area contributed by atoms with Crippen molar-refractivity contribution in [2.45, 2.75) is 63.6 Å². The smallest absolute Gasteiger partial charge is 0.407 e. The molecule has 0 spiro atoms. The third kappa shape index (κ3) is 4.03. The van der Waals surface area contributed by atoms with E-state index in [0.717, 1.165) is 0 Å². The van der Waals surface area contributed by atoms with Gasteiger partial charge >= 0.3 is 6.09 Å². The summed E-state index contributed by atoms with van der Waals surface area (Å²) >= 11 is 0. The number of aromatic amines is 1. The van der Waals surface area contributed by atoms with Gasteiger partial charge in [0.25, 0.3) is 0 Å². The molecule has 1 heterocycles. The molecule has 23 heavy (non-hydrogen) atoms. The zero-order chi connectivity index (χ0) is 17.5. The van der Waals surface area contributed by atoms with Gasteiger partial charge in [0.2, 0.25) is 10.0 Å². The molecule has 130 valence electrons. The van der Waals surface area contributed by atoms with Gasteiger partial charge in [0.1, 0.15) is 10.5 Å². The molecule has 1 amide bonds. The fourth-order valence-electron chi connectivity index (χ4n) is 2.46. The number of nitrogens with one attached hydrogen (secondary N) is 3. The Balaban J connectivity index is 1.95. The fourth-order valence-corrected chi connectivity index (χ4v) is 3.77. The van der Waals surface area contributed by atoms with Crippen molar-refractivity contribution in [2.75, 3.05) is 0 Å². The second-order valence-corrected chi connectivity index (χ2v) is 9.08. The highest BCUT2D eigenvalue weighted by Gasteiger charge is 2.50. The van der Waals surface area contributed by atoms with Crippen molar-refractivity contribution in [2.24, 2.45) is 5.41 Å². The van der Waals surface area contributed by atoms with Crippen LogP contribution in [0.15, 0.2) is 17.3 Å². The number of ether oxygens (including phenoxy) is 1. The monoisotopic (exact) mass is 344 g/mol. The van der Waals surface area contributed by atoms with E-state index in [0.29, 0.717) is 6.42 Å². The van der Waals surface area contributed by atoms with Crippen molar-refractivity contribution in [3.8, 4) is 0 Å². The Bertz CT molecular complexity index is 661. The molecule has 2 rings (SSSR count). The minimum atomic E-state index is -3.62. The van der Waals surface area contributed by atoms with Crippen molar-refractivity contribution in [3.63, 3.8) is 0 Å². The number of hydrogen-bond donors (Lipinski definition) is 3. The Morgan fingerprint density at radius 3 is 2.52 bits per heavy atom. The largest absolute Gasteiger partial charge is 0.444 e. The molecular formula is C14H24N4O4S. The Morgan fingerprint density at radius 2 is 2.04 bits per heavy atom. The van der Waals surface area contributed by atoms with Gasteiger partial charge in [0.15, 0.2) is 0 Å². The number of carbonyl (C=O) groups is 1. The van der Waals surface area contributed by atoms with E-state index in [9.17, 15) is 13.2 Å². The Kier molecular flexibility index (Phi) is 4.46. The molecule has 0 aliphatic heterocycles. The Labute approximate surface area is 136 Å². The molecule has 1 aliphatic rings. The maximum Gasteiger partial charge on any atom is 0.407 e. The summed E-state index contributed by atoms with van der Waals surface area (Å²) < 4.78 is 32.3. The van der Waals surface area contributed by atoms with Crippen LogP contribution >= 0.6 is 0 Å². The summed E-state index contributed by atoms with van der Waals surface area (Å²) in [4.78, 5) is 11.9. The summed E-state index contributed by atoms with van der Waals surface area (Å²) in [5.74, 6) is 0. The first kappa shape index (κ1) is 17.7. The van der Waals surface area contributed by atoms with Gasteiger partial charge in [0, 0.05) is 23.7 Å². The van der Waals surface area contributed by atoms with E-state index < -0.39 is 27.1 Å². The molecule has 2 unspecified atom stereocenters. The van der Waals surface area contributed by atoms with Crippen LogP contribution in [0, 0.1) is 5.41 Å². The van der Waals surface area contributed by atoms with Gasteiger partial charge < -0.3 is 10.1 Å². The lowest BCUT2D eigenvalue weighted by atomic mass is 9.63. The van der Waals surface area contributed by atoms with Gasteiger partial charge in [0.05, 0.1) is 6.20 Å². The summed E-state index contributed by atoms with van der Waals surface area (Å²) in [6.45, 7) is 9.18.